The predicted molar refractivity (Wildman–Crippen MR) is 69.6 cm³/mol. The molecule has 0 spiro atoms. The van der Waals surface area contributed by atoms with Crippen LogP contribution in [0.1, 0.15) is 32.1 Å². The van der Waals surface area contributed by atoms with Crippen LogP contribution >= 0.6 is 11.8 Å². The van der Waals surface area contributed by atoms with Crippen LogP contribution in [0.25, 0.3) is 0 Å². The van der Waals surface area contributed by atoms with Gasteiger partial charge in [-0.1, -0.05) is 0 Å². The van der Waals surface area contributed by atoms with E-state index in [1.807, 2.05) is 11.8 Å². The molecular weight excluding hydrogens is 244 g/mol. The van der Waals surface area contributed by atoms with Gasteiger partial charge in [-0.2, -0.15) is 11.8 Å². The van der Waals surface area contributed by atoms with E-state index < -0.39 is 9.84 Å². The monoisotopic (exact) mass is 266 g/mol. The molecule has 0 saturated carbocycles. The SMILES string of the molecule is CS(=O)(=O)CCCC(O)CC1CCSCC1. The van der Waals surface area contributed by atoms with Gasteiger partial charge in [-0.3, -0.25) is 0 Å². The average Bonchev–Trinajstić information content (AvgIpc) is 2.17. The lowest BCUT2D eigenvalue weighted by molar-refractivity contribution is 0.130. The summed E-state index contributed by atoms with van der Waals surface area (Å²) < 4.78 is 21.8. The standard InChI is InChI=1S/C11H22O3S2/c1-16(13,14)8-2-3-11(12)9-10-4-6-15-7-5-10/h10-12H,2-9H2,1H3. The number of hydrogen-bond donors (Lipinski definition) is 1. The minimum atomic E-state index is -2.87. The van der Waals surface area contributed by atoms with Crippen molar-refractivity contribution in [3.05, 3.63) is 0 Å². The van der Waals surface area contributed by atoms with E-state index in [0.717, 1.165) is 6.42 Å². The molecule has 1 N–H and O–H groups in total. The van der Waals surface area contributed by atoms with Gasteiger partial charge in [0, 0.05) is 12.0 Å². The molecular formula is C11H22O3S2. The van der Waals surface area contributed by atoms with E-state index in [4.69, 9.17) is 0 Å². The van der Waals surface area contributed by atoms with Crippen molar-refractivity contribution in [2.24, 2.45) is 5.92 Å². The third-order valence-electron chi connectivity index (χ3n) is 3.00. The Morgan fingerprint density at radius 2 is 2.00 bits per heavy atom. The summed E-state index contributed by atoms with van der Waals surface area (Å²) in [4.78, 5) is 0. The zero-order chi connectivity index (χ0) is 12.0. The highest BCUT2D eigenvalue weighted by atomic mass is 32.2. The molecule has 0 bridgehead atoms. The fraction of sp³-hybridized carbons (Fsp3) is 1.00. The van der Waals surface area contributed by atoms with Crippen molar-refractivity contribution in [3.8, 4) is 0 Å². The van der Waals surface area contributed by atoms with Crippen molar-refractivity contribution in [3.63, 3.8) is 0 Å². The van der Waals surface area contributed by atoms with Gasteiger partial charge in [-0.05, 0) is 49.5 Å². The van der Waals surface area contributed by atoms with Crippen molar-refractivity contribution < 1.29 is 13.5 Å². The van der Waals surface area contributed by atoms with Crippen LogP contribution in [0.2, 0.25) is 0 Å². The van der Waals surface area contributed by atoms with Crippen LogP contribution in [0.15, 0.2) is 0 Å². The molecule has 0 aliphatic carbocycles. The van der Waals surface area contributed by atoms with Crippen LogP contribution in [-0.2, 0) is 9.84 Å². The minimum Gasteiger partial charge on any atom is -0.393 e. The average molecular weight is 266 g/mol. The Bertz CT molecular complexity index is 282. The van der Waals surface area contributed by atoms with Crippen LogP contribution in [0.3, 0.4) is 0 Å². The summed E-state index contributed by atoms with van der Waals surface area (Å²) >= 11 is 1.99. The van der Waals surface area contributed by atoms with Gasteiger partial charge in [-0.15, -0.1) is 0 Å². The molecule has 1 rings (SSSR count). The Kier molecular flexibility index (Phi) is 6.15. The molecule has 5 heteroatoms. The number of sulfone groups is 1. The van der Waals surface area contributed by atoms with E-state index in [0.29, 0.717) is 18.8 Å². The molecule has 0 aromatic carbocycles. The number of aliphatic hydroxyl groups excluding tert-OH is 1. The highest BCUT2D eigenvalue weighted by Gasteiger charge is 2.17. The fourth-order valence-corrected chi connectivity index (χ4v) is 3.96. The molecule has 0 aromatic heterocycles. The summed E-state index contributed by atoms with van der Waals surface area (Å²) in [5.41, 5.74) is 0. The van der Waals surface area contributed by atoms with Crippen molar-refractivity contribution in [2.45, 2.75) is 38.2 Å². The largest absolute Gasteiger partial charge is 0.393 e. The quantitative estimate of drug-likeness (QED) is 0.795. The maximum absolute atomic E-state index is 10.9. The van der Waals surface area contributed by atoms with E-state index in [9.17, 15) is 13.5 Å². The van der Waals surface area contributed by atoms with Gasteiger partial charge in [0.1, 0.15) is 9.84 Å². The van der Waals surface area contributed by atoms with Crippen molar-refractivity contribution >= 4 is 21.6 Å². The third kappa shape index (κ3) is 6.76. The third-order valence-corrected chi connectivity index (χ3v) is 5.08. The Labute approximate surface area is 103 Å². The highest BCUT2D eigenvalue weighted by molar-refractivity contribution is 7.99. The van der Waals surface area contributed by atoms with E-state index >= 15 is 0 Å². The van der Waals surface area contributed by atoms with Crippen molar-refractivity contribution in [1.29, 1.82) is 0 Å². The first-order valence-electron chi connectivity index (χ1n) is 5.91. The maximum atomic E-state index is 10.9. The number of aliphatic hydroxyl groups is 1. The van der Waals surface area contributed by atoms with Gasteiger partial charge < -0.3 is 5.11 Å². The van der Waals surface area contributed by atoms with E-state index in [2.05, 4.69) is 0 Å². The number of hydrogen-bond acceptors (Lipinski definition) is 4. The molecule has 1 atom stereocenters. The Balaban J connectivity index is 2.12. The second-order valence-electron chi connectivity index (χ2n) is 4.72. The summed E-state index contributed by atoms with van der Waals surface area (Å²) in [5.74, 6) is 3.26. The van der Waals surface area contributed by atoms with Crippen LogP contribution in [0, 0.1) is 5.92 Å². The normalized spacial score (nSPS) is 20.9. The Morgan fingerprint density at radius 1 is 1.38 bits per heavy atom. The lowest BCUT2D eigenvalue weighted by atomic mass is 9.94. The van der Waals surface area contributed by atoms with E-state index in [1.165, 1.54) is 30.6 Å². The molecule has 0 radical (unpaired) electrons. The van der Waals surface area contributed by atoms with E-state index in [1.54, 1.807) is 0 Å². The highest BCUT2D eigenvalue weighted by Crippen LogP contribution is 2.27. The van der Waals surface area contributed by atoms with Gasteiger partial charge in [0.2, 0.25) is 0 Å². The van der Waals surface area contributed by atoms with Crippen LogP contribution < -0.4 is 0 Å². The first kappa shape index (κ1) is 14.3. The van der Waals surface area contributed by atoms with Crippen LogP contribution in [0.5, 0.6) is 0 Å². The molecule has 1 fully saturated rings. The van der Waals surface area contributed by atoms with Crippen LogP contribution in [-0.4, -0.2) is 43.1 Å². The summed E-state index contributed by atoms with van der Waals surface area (Å²) in [7, 11) is -2.87. The summed E-state index contributed by atoms with van der Waals surface area (Å²) in [6.07, 6.45) is 5.40. The van der Waals surface area contributed by atoms with Crippen molar-refractivity contribution in [1.82, 2.24) is 0 Å². The lowest BCUT2D eigenvalue weighted by Gasteiger charge is -2.23. The topological polar surface area (TPSA) is 54.4 Å². The number of thioether (sulfide) groups is 1. The molecule has 1 unspecified atom stereocenters. The summed E-state index contributed by atoms with van der Waals surface area (Å²) in [6.45, 7) is 0. The fourth-order valence-electron chi connectivity index (χ4n) is 2.07. The molecule has 1 heterocycles. The number of rotatable bonds is 6. The first-order chi connectivity index (χ1) is 7.47. The molecule has 96 valence electrons. The molecule has 1 saturated heterocycles. The van der Waals surface area contributed by atoms with Gasteiger partial charge in [-0.25, -0.2) is 8.42 Å². The zero-order valence-electron chi connectivity index (χ0n) is 9.89. The van der Waals surface area contributed by atoms with Gasteiger partial charge in [0.15, 0.2) is 0 Å². The summed E-state index contributed by atoms with van der Waals surface area (Å²) in [5, 5.41) is 9.80. The lowest BCUT2D eigenvalue weighted by Crippen LogP contribution is -2.18. The molecule has 16 heavy (non-hydrogen) atoms. The predicted octanol–water partition coefficient (Wildman–Crippen LogP) is 1.71. The van der Waals surface area contributed by atoms with E-state index in [-0.39, 0.29) is 11.9 Å². The smallest absolute Gasteiger partial charge is 0.147 e. The van der Waals surface area contributed by atoms with Crippen LogP contribution in [0.4, 0.5) is 0 Å². The molecule has 0 aromatic rings. The maximum Gasteiger partial charge on any atom is 0.147 e. The zero-order valence-corrected chi connectivity index (χ0v) is 11.5. The first-order valence-corrected chi connectivity index (χ1v) is 9.12. The Hall–Kier alpha value is 0.260. The molecule has 1 aliphatic rings. The summed E-state index contributed by atoms with van der Waals surface area (Å²) in [6, 6.07) is 0. The van der Waals surface area contributed by atoms with Gasteiger partial charge >= 0.3 is 0 Å². The minimum absolute atomic E-state index is 0.199. The second kappa shape index (κ2) is 6.87. The Morgan fingerprint density at radius 3 is 2.56 bits per heavy atom. The molecule has 1 aliphatic heterocycles. The second-order valence-corrected chi connectivity index (χ2v) is 8.20. The molecule has 0 amide bonds. The van der Waals surface area contributed by atoms with Gasteiger partial charge in [0.25, 0.3) is 0 Å². The van der Waals surface area contributed by atoms with Gasteiger partial charge in [0.05, 0.1) is 6.10 Å². The molecule has 3 nitrogen and oxygen atoms in total. The van der Waals surface area contributed by atoms with Crippen molar-refractivity contribution in [2.75, 3.05) is 23.5 Å².